The average molecular weight is 828 g/mol. The summed E-state index contributed by atoms with van der Waals surface area (Å²) in [5.41, 5.74) is 10.5. The van der Waals surface area contributed by atoms with Crippen molar-refractivity contribution in [2.45, 2.75) is 0 Å². The number of para-hydroxylation sites is 5. The van der Waals surface area contributed by atoms with Crippen LogP contribution in [0.3, 0.4) is 0 Å². The molecule has 11 rings (SSSR count). The van der Waals surface area contributed by atoms with Gasteiger partial charge in [0.05, 0.1) is 44.5 Å². The second-order valence-electron chi connectivity index (χ2n) is 13.4. The number of halogens is 3. The normalized spacial score (nSPS) is 11.6. The quantitative estimate of drug-likeness (QED) is 0.169. The molecule has 0 saturated carbocycles. The Morgan fingerprint density at radius 1 is 0.315 bits per heavy atom. The van der Waals surface area contributed by atoms with E-state index in [9.17, 15) is 4.39 Å². The van der Waals surface area contributed by atoms with Gasteiger partial charge in [0.25, 0.3) is 0 Å². The molecule has 0 amide bonds. The lowest BCUT2D eigenvalue weighted by molar-refractivity contribution is 0.627. The first-order valence-corrected chi connectivity index (χ1v) is 19.3. The van der Waals surface area contributed by atoms with E-state index in [1.165, 1.54) is 77.6 Å². The fourth-order valence-corrected chi connectivity index (χ4v) is 8.83. The summed E-state index contributed by atoms with van der Waals surface area (Å²) < 4.78 is 21.3. The van der Waals surface area contributed by atoms with Crippen LogP contribution in [0.15, 0.2) is 191 Å². The van der Waals surface area contributed by atoms with Gasteiger partial charge in [0.1, 0.15) is 5.82 Å². The Kier molecular flexibility index (Phi) is 7.97. The van der Waals surface area contributed by atoms with Crippen LogP contribution in [0.25, 0.3) is 82.5 Å². The molecule has 0 aliphatic rings. The lowest BCUT2D eigenvalue weighted by Crippen LogP contribution is -2.04. The van der Waals surface area contributed by atoms with E-state index in [0.717, 1.165) is 26.0 Å². The van der Waals surface area contributed by atoms with Crippen molar-refractivity contribution >= 4 is 97.3 Å². The van der Waals surface area contributed by atoms with E-state index in [-0.39, 0.29) is 5.82 Å². The molecule has 0 unspecified atom stereocenters. The van der Waals surface area contributed by atoms with Gasteiger partial charge in [-0.2, -0.15) is 0 Å². The van der Waals surface area contributed by atoms with E-state index in [1.54, 1.807) is 12.1 Å². The summed E-state index contributed by atoms with van der Waals surface area (Å²) in [5, 5.41) is 7.45. The highest BCUT2D eigenvalue weighted by Crippen LogP contribution is 2.42. The minimum atomic E-state index is -0.209. The zero-order chi connectivity index (χ0) is 36.3. The van der Waals surface area contributed by atoms with E-state index in [4.69, 9.17) is 0 Å². The van der Waals surface area contributed by atoms with Crippen molar-refractivity contribution in [1.29, 1.82) is 0 Å². The van der Waals surface area contributed by atoms with Gasteiger partial charge in [0.2, 0.25) is 0 Å². The minimum Gasteiger partial charge on any atom is -0.309 e. The van der Waals surface area contributed by atoms with Crippen molar-refractivity contribution in [3.05, 3.63) is 197 Å². The van der Waals surface area contributed by atoms with Crippen molar-refractivity contribution < 1.29 is 4.39 Å². The van der Waals surface area contributed by atoms with Gasteiger partial charge in [-0.05, 0) is 78.9 Å². The summed E-state index contributed by atoms with van der Waals surface area (Å²) in [6, 6.07) is 63.6. The van der Waals surface area contributed by atoms with Gasteiger partial charge < -0.3 is 13.7 Å². The Balaban J connectivity index is 0.000000404. The molecule has 8 aromatic carbocycles. The van der Waals surface area contributed by atoms with Crippen LogP contribution < -0.4 is 0 Å². The molecule has 3 aromatic heterocycles. The van der Waals surface area contributed by atoms with Crippen molar-refractivity contribution in [3.8, 4) is 17.1 Å². The van der Waals surface area contributed by atoms with E-state index >= 15 is 0 Å². The molecule has 0 atom stereocenters. The van der Waals surface area contributed by atoms with Gasteiger partial charge in [0, 0.05) is 47.0 Å². The third-order valence-corrected chi connectivity index (χ3v) is 11.3. The second kappa shape index (κ2) is 13.2. The number of benzene rings is 8. The molecule has 258 valence electrons. The molecular weight excluding hydrogens is 797 g/mol. The van der Waals surface area contributed by atoms with Crippen molar-refractivity contribution in [1.82, 2.24) is 13.7 Å². The topological polar surface area (TPSA) is 14.8 Å². The molecule has 0 radical (unpaired) electrons. The number of hydrogen-bond acceptors (Lipinski definition) is 0. The molecule has 0 spiro atoms. The Labute approximate surface area is 327 Å². The highest BCUT2D eigenvalue weighted by atomic mass is 79.9. The lowest BCUT2D eigenvalue weighted by Gasteiger charge is -2.18. The Morgan fingerprint density at radius 3 is 1.13 bits per heavy atom. The van der Waals surface area contributed by atoms with E-state index in [2.05, 4.69) is 203 Å². The molecular formula is C48H30Br2FN3. The molecule has 6 heteroatoms. The summed E-state index contributed by atoms with van der Waals surface area (Å²) in [6.45, 7) is 0. The van der Waals surface area contributed by atoms with Crippen molar-refractivity contribution in [3.63, 3.8) is 0 Å². The predicted molar refractivity (Wildman–Crippen MR) is 231 cm³/mol. The third kappa shape index (κ3) is 5.28. The zero-order valence-electron chi connectivity index (χ0n) is 28.8. The van der Waals surface area contributed by atoms with E-state index < -0.39 is 0 Å². The third-order valence-electron chi connectivity index (χ3n) is 10.3. The maximum absolute atomic E-state index is 12.1. The Bertz CT molecular complexity index is 3100. The lowest BCUT2D eigenvalue weighted by atomic mass is 10.1. The van der Waals surface area contributed by atoms with Crippen LogP contribution in [0.1, 0.15) is 0 Å². The number of nitrogens with zero attached hydrogens (tertiary/aromatic N) is 3. The molecule has 0 N–H and O–H groups in total. The summed E-state index contributed by atoms with van der Waals surface area (Å²) in [7, 11) is 0. The molecule has 0 aliphatic heterocycles. The van der Waals surface area contributed by atoms with E-state index in [0.29, 0.717) is 0 Å². The average Bonchev–Trinajstić information content (AvgIpc) is 3.83. The Morgan fingerprint density at radius 2 is 0.704 bits per heavy atom. The molecule has 0 aliphatic carbocycles. The second-order valence-corrected chi connectivity index (χ2v) is 15.2. The molecule has 0 bridgehead atoms. The summed E-state index contributed by atoms with van der Waals surface area (Å²) >= 11 is 6.86. The van der Waals surface area contributed by atoms with Crippen LogP contribution in [0.5, 0.6) is 0 Å². The first-order valence-electron chi connectivity index (χ1n) is 17.8. The smallest absolute Gasteiger partial charge is 0.124 e. The molecule has 3 heterocycles. The predicted octanol–water partition coefficient (Wildman–Crippen LogP) is 14.3. The number of fused-ring (bicyclic) bond motifs is 9. The first kappa shape index (κ1) is 32.7. The molecule has 0 saturated heterocycles. The van der Waals surface area contributed by atoms with Crippen LogP contribution in [0.4, 0.5) is 4.39 Å². The van der Waals surface area contributed by atoms with Gasteiger partial charge in [-0.25, -0.2) is 4.39 Å². The monoisotopic (exact) mass is 825 g/mol. The van der Waals surface area contributed by atoms with Crippen LogP contribution in [0.2, 0.25) is 0 Å². The van der Waals surface area contributed by atoms with Crippen LogP contribution in [-0.2, 0) is 0 Å². The van der Waals surface area contributed by atoms with Gasteiger partial charge in [-0.3, -0.25) is 0 Å². The van der Waals surface area contributed by atoms with Crippen LogP contribution in [0, 0.1) is 5.82 Å². The SMILES string of the molecule is Brc1cccc(-n2c3ccccc3c3cc(-n4c5ccccc5c5ccccc54)c(-n4c5ccccc5c5ccccc54)cc32)c1.Fc1cccc(Br)c1. The van der Waals surface area contributed by atoms with E-state index in [1.807, 2.05) is 0 Å². The van der Waals surface area contributed by atoms with Crippen LogP contribution >= 0.6 is 31.9 Å². The molecule has 11 aromatic rings. The van der Waals surface area contributed by atoms with Gasteiger partial charge >= 0.3 is 0 Å². The molecule has 54 heavy (non-hydrogen) atoms. The number of hydrogen-bond donors (Lipinski definition) is 0. The fourth-order valence-electron chi connectivity index (χ4n) is 8.07. The fraction of sp³-hybridized carbons (Fsp3) is 0. The number of aromatic nitrogens is 3. The van der Waals surface area contributed by atoms with Crippen molar-refractivity contribution in [2.24, 2.45) is 0 Å². The standard InChI is InChI=1S/C42H26BrN3.C6H4BrF/c43-27-12-11-13-28(24-27)44-35-19-6-5-18-33(35)34-25-41(45-36-20-7-1-14-29(36)30-15-2-8-21-37(30)45)42(26-40(34)44)46-38-22-9-3-16-31(38)32-17-4-10-23-39(32)46;7-5-2-1-3-6(8)4-5/h1-26H;1-4H. The summed E-state index contributed by atoms with van der Waals surface area (Å²) in [5.74, 6) is -0.209. The highest BCUT2D eigenvalue weighted by molar-refractivity contribution is 9.10. The van der Waals surface area contributed by atoms with Gasteiger partial charge in [0.15, 0.2) is 0 Å². The highest BCUT2D eigenvalue weighted by Gasteiger charge is 2.22. The van der Waals surface area contributed by atoms with Gasteiger partial charge in [-0.1, -0.05) is 135 Å². The van der Waals surface area contributed by atoms with Gasteiger partial charge in [-0.15, -0.1) is 0 Å². The largest absolute Gasteiger partial charge is 0.309 e. The Hall–Kier alpha value is -5.95. The minimum absolute atomic E-state index is 0.209. The summed E-state index contributed by atoms with van der Waals surface area (Å²) in [4.78, 5) is 0. The maximum Gasteiger partial charge on any atom is 0.124 e. The first-order chi connectivity index (χ1) is 26.5. The van der Waals surface area contributed by atoms with Crippen molar-refractivity contribution in [2.75, 3.05) is 0 Å². The molecule has 3 nitrogen and oxygen atoms in total. The number of rotatable bonds is 3. The van der Waals surface area contributed by atoms with Crippen LogP contribution in [-0.4, -0.2) is 13.7 Å². The molecule has 0 fully saturated rings. The zero-order valence-corrected chi connectivity index (χ0v) is 32.0. The summed E-state index contributed by atoms with van der Waals surface area (Å²) in [6.07, 6.45) is 0. The maximum atomic E-state index is 12.1.